The number of carbonyl (C=O) groups is 1. The van der Waals surface area contributed by atoms with Gasteiger partial charge in [-0.2, -0.15) is 0 Å². The Bertz CT molecular complexity index is 1220. The zero-order valence-electron chi connectivity index (χ0n) is 18.0. The highest BCUT2D eigenvalue weighted by atomic mass is 32.2. The molecule has 2 heterocycles. The lowest BCUT2D eigenvalue weighted by Gasteiger charge is -2.17. The van der Waals surface area contributed by atoms with Crippen LogP contribution in [0, 0.1) is 6.92 Å². The molecule has 8 nitrogen and oxygen atoms in total. The van der Waals surface area contributed by atoms with Gasteiger partial charge in [-0.1, -0.05) is 0 Å². The zero-order chi connectivity index (χ0) is 22.7. The molecule has 0 spiro atoms. The van der Waals surface area contributed by atoms with E-state index in [0.29, 0.717) is 36.5 Å². The van der Waals surface area contributed by atoms with Crippen molar-refractivity contribution < 1.29 is 22.4 Å². The molecule has 1 N–H and O–H groups in total. The smallest absolute Gasteiger partial charge is 0.240 e. The fourth-order valence-electron chi connectivity index (χ4n) is 3.70. The number of nitrogens with zero attached hydrogens (tertiary/aromatic N) is 2. The number of hydrogen-bond acceptors (Lipinski definition) is 6. The van der Waals surface area contributed by atoms with Crippen molar-refractivity contribution in [1.82, 2.24) is 9.71 Å². The monoisotopic (exact) mass is 455 g/mol. The predicted octanol–water partition coefficient (Wildman–Crippen LogP) is 3.31. The lowest BCUT2D eigenvalue weighted by molar-refractivity contribution is -0.117. The van der Waals surface area contributed by atoms with Gasteiger partial charge in [0.1, 0.15) is 12.0 Å². The summed E-state index contributed by atoms with van der Waals surface area (Å²) in [7, 11) is -2.09. The number of aryl methyl sites for hydroxylation is 1. The molecule has 0 atom stereocenters. The third-order valence-corrected chi connectivity index (χ3v) is 7.02. The standard InChI is InChI=1S/C23H25N3O5S/c1-16-14-19(26-13-3-4-22(26)27)7-10-21(16)32(28,29)24-12-11-18-15-31-23(25-18)17-5-8-20(30-2)9-6-17/h5-10,14-15,24H,3-4,11-13H2,1-2H3. The van der Waals surface area contributed by atoms with E-state index < -0.39 is 10.0 Å². The van der Waals surface area contributed by atoms with Crippen LogP contribution < -0.4 is 14.4 Å². The van der Waals surface area contributed by atoms with Gasteiger partial charge in [-0.15, -0.1) is 0 Å². The molecule has 1 aromatic heterocycles. The Morgan fingerprint density at radius 2 is 1.97 bits per heavy atom. The van der Waals surface area contributed by atoms with Gasteiger partial charge in [0, 0.05) is 37.2 Å². The average molecular weight is 456 g/mol. The Morgan fingerprint density at radius 1 is 1.19 bits per heavy atom. The molecule has 4 rings (SSSR count). The van der Waals surface area contributed by atoms with Crippen LogP contribution in [0.4, 0.5) is 5.69 Å². The number of methoxy groups -OCH3 is 1. The summed E-state index contributed by atoms with van der Waals surface area (Å²) in [5.74, 6) is 1.28. The Kier molecular flexibility index (Phi) is 6.29. The summed E-state index contributed by atoms with van der Waals surface area (Å²) in [6, 6.07) is 12.3. The van der Waals surface area contributed by atoms with Gasteiger partial charge in [0.05, 0.1) is 17.7 Å². The summed E-state index contributed by atoms with van der Waals surface area (Å²) in [6.07, 6.45) is 3.27. The number of anilines is 1. The summed E-state index contributed by atoms with van der Waals surface area (Å²) in [5, 5.41) is 0. The maximum atomic E-state index is 12.8. The third kappa shape index (κ3) is 4.68. The fraction of sp³-hybridized carbons (Fsp3) is 0.304. The molecule has 0 saturated carbocycles. The Hall–Kier alpha value is -3.17. The number of hydrogen-bond donors (Lipinski definition) is 1. The summed E-state index contributed by atoms with van der Waals surface area (Å²) in [4.78, 5) is 18.3. The van der Waals surface area contributed by atoms with Crippen LogP contribution >= 0.6 is 0 Å². The summed E-state index contributed by atoms with van der Waals surface area (Å²) in [6.45, 7) is 2.58. The third-order valence-electron chi connectivity index (χ3n) is 5.40. The SMILES string of the molecule is COc1ccc(-c2nc(CCNS(=O)(=O)c3ccc(N4CCCC4=O)cc3C)co2)cc1. The van der Waals surface area contributed by atoms with Gasteiger partial charge in [0.25, 0.3) is 0 Å². The van der Waals surface area contributed by atoms with E-state index in [9.17, 15) is 13.2 Å². The van der Waals surface area contributed by atoms with Crippen LogP contribution in [0.25, 0.3) is 11.5 Å². The maximum absolute atomic E-state index is 12.8. The first-order chi connectivity index (χ1) is 15.4. The number of benzene rings is 2. The molecule has 0 unspecified atom stereocenters. The molecule has 0 bridgehead atoms. The van der Waals surface area contributed by atoms with Crippen molar-refractivity contribution in [3.05, 3.63) is 60.0 Å². The lowest BCUT2D eigenvalue weighted by Crippen LogP contribution is -2.27. The van der Waals surface area contributed by atoms with E-state index >= 15 is 0 Å². The molecule has 1 amide bonds. The van der Waals surface area contributed by atoms with Crippen molar-refractivity contribution in [2.75, 3.05) is 25.1 Å². The minimum atomic E-state index is -3.69. The molecule has 3 aromatic rings. The van der Waals surface area contributed by atoms with Crippen LogP contribution in [0.3, 0.4) is 0 Å². The van der Waals surface area contributed by atoms with E-state index in [1.165, 1.54) is 6.26 Å². The molecule has 1 aliphatic heterocycles. The van der Waals surface area contributed by atoms with Gasteiger partial charge < -0.3 is 14.1 Å². The second-order valence-corrected chi connectivity index (χ2v) is 9.35. The Morgan fingerprint density at radius 3 is 2.62 bits per heavy atom. The van der Waals surface area contributed by atoms with Crippen LogP contribution in [0.1, 0.15) is 24.1 Å². The molecule has 0 aliphatic carbocycles. The molecule has 32 heavy (non-hydrogen) atoms. The number of oxazole rings is 1. The van der Waals surface area contributed by atoms with Gasteiger partial charge in [0.2, 0.25) is 21.8 Å². The highest BCUT2D eigenvalue weighted by molar-refractivity contribution is 7.89. The molecule has 9 heteroatoms. The van der Waals surface area contributed by atoms with Crippen LogP contribution in [0.5, 0.6) is 5.75 Å². The molecule has 2 aromatic carbocycles. The largest absolute Gasteiger partial charge is 0.497 e. The van der Waals surface area contributed by atoms with Crippen molar-refractivity contribution >= 4 is 21.6 Å². The van der Waals surface area contributed by atoms with E-state index in [-0.39, 0.29) is 17.3 Å². The van der Waals surface area contributed by atoms with Gasteiger partial charge in [-0.25, -0.2) is 18.1 Å². The maximum Gasteiger partial charge on any atom is 0.240 e. The van der Waals surface area contributed by atoms with Crippen LogP contribution in [0.2, 0.25) is 0 Å². The van der Waals surface area contributed by atoms with Gasteiger partial charge in [0.15, 0.2) is 0 Å². The highest BCUT2D eigenvalue weighted by Gasteiger charge is 2.24. The molecule has 1 saturated heterocycles. The quantitative estimate of drug-likeness (QED) is 0.559. The van der Waals surface area contributed by atoms with Crippen molar-refractivity contribution in [2.24, 2.45) is 0 Å². The normalized spacial score (nSPS) is 14.2. The topological polar surface area (TPSA) is 102 Å². The molecule has 168 valence electrons. The lowest BCUT2D eigenvalue weighted by atomic mass is 10.2. The Balaban J connectivity index is 1.38. The predicted molar refractivity (Wildman–Crippen MR) is 120 cm³/mol. The number of aromatic nitrogens is 1. The summed E-state index contributed by atoms with van der Waals surface area (Å²) >= 11 is 0. The molecule has 0 radical (unpaired) electrons. The number of nitrogens with one attached hydrogen (secondary N) is 1. The van der Waals surface area contributed by atoms with E-state index in [1.807, 2.05) is 24.3 Å². The summed E-state index contributed by atoms with van der Waals surface area (Å²) in [5.41, 5.74) is 2.79. The number of ether oxygens (including phenoxy) is 1. The van der Waals surface area contributed by atoms with Crippen LogP contribution in [0.15, 0.2) is 58.0 Å². The number of sulfonamides is 1. The second-order valence-electron chi connectivity index (χ2n) is 7.62. The second kappa shape index (κ2) is 9.13. The highest BCUT2D eigenvalue weighted by Crippen LogP contribution is 2.26. The minimum Gasteiger partial charge on any atom is -0.497 e. The molecule has 1 fully saturated rings. The van der Waals surface area contributed by atoms with E-state index in [4.69, 9.17) is 9.15 Å². The molecule has 1 aliphatic rings. The van der Waals surface area contributed by atoms with Crippen molar-refractivity contribution in [2.45, 2.75) is 31.1 Å². The van der Waals surface area contributed by atoms with Crippen molar-refractivity contribution in [1.29, 1.82) is 0 Å². The van der Waals surface area contributed by atoms with Crippen LogP contribution in [-0.2, 0) is 21.2 Å². The average Bonchev–Trinajstić information content (AvgIpc) is 3.42. The number of carbonyl (C=O) groups excluding carboxylic acids is 1. The van der Waals surface area contributed by atoms with Gasteiger partial charge >= 0.3 is 0 Å². The van der Waals surface area contributed by atoms with E-state index in [1.54, 1.807) is 37.1 Å². The number of amides is 1. The fourth-order valence-corrected chi connectivity index (χ4v) is 4.96. The first kappa shape index (κ1) is 22.0. The first-order valence-electron chi connectivity index (χ1n) is 10.4. The van der Waals surface area contributed by atoms with Crippen molar-refractivity contribution in [3.8, 4) is 17.2 Å². The van der Waals surface area contributed by atoms with Crippen LogP contribution in [-0.4, -0.2) is 39.5 Å². The van der Waals surface area contributed by atoms with Crippen molar-refractivity contribution in [3.63, 3.8) is 0 Å². The molecular formula is C23H25N3O5S. The molecular weight excluding hydrogens is 430 g/mol. The Labute approximate surface area is 187 Å². The van der Waals surface area contributed by atoms with E-state index in [2.05, 4.69) is 9.71 Å². The summed E-state index contributed by atoms with van der Waals surface area (Å²) < 4.78 is 38.8. The van der Waals surface area contributed by atoms with Gasteiger partial charge in [-0.05, 0) is 61.4 Å². The minimum absolute atomic E-state index is 0.0692. The first-order valence-corrected chi connectivity index (χ1v) is 11.9. The van der Waals surface area contributed by atoms with Gasteiger partial charge in [-0.3, -0.25) is 4.79 Å². The van der Waals surface area contributed by atoms with E-state index in [0.717, 1.165) is 23.4 Å². The zero-order valence-corrected chi connectivity index (χ0v) is 18.8. The number of rotatable bonds is 8.